The molecule has 5 atom stereocenters. The van der Waals surface area contributed by atoms with Crippen molar-refractivity contribution in [3.8, 4) is 0 Å². The lowest BCUT2D eigenvalue weighted by molar-refractivity contribution is -0.152. The minimum Gasteiger partial charge on any atom is -0.481 e. The molecule has 5 amide bonds. The smallest absolute Gasteiger partial charge is 0.408 e. The standard InChI is InChI=1S/C30H39N5O15/c1-4-48-29(46)24-23(50-24)27(44)34-35(13-21(40)41)28(45)22(15(2)3)33-25(42)17(10-11-19(36)37)31-26(43)18(12-20(38)39)32-30(47)49-14-16-8-6-5-7-9-16/h5-9,15,17-18,22-24H,4,10-14H2,1-3H3,(H,31,43)(H,32,47)(H,33,42)(H,34,44)(H,36,37)(H,38,39)(H,40,41)/t17?,18?,22?,23-,24-/m1/s1. The minimum atomic E-state index is -1.79. The summed E-state index contributed by atoms with van der Waals surface area (Å²) in [5.74, 6) is -10.7. The number of alkyl carbamates (subject to hydrolysis) is 1. The van der Waals surface area contributed by atoms with Crippen molar-refractivity contribution in [3.05, 3.63) is 35.9 Å². The number of benzene rings is 1. The second kappa shape index (κ2) is 19.3. The average Bonchev–Trinajstić information content (AvgIpc) is 3.85. The number of hydrogen-bond donors (Lipinski definition) is 7. The fourth-order valence-corrected chi connectivity index (χ4v) is 4.26. The Morgan fingerprint density at radius 1 is 0.820 bits per heavy atom. The van der Waals surface area contributed by atoms with Gasteiger partial charge in [0, 0.05) is 6.42 Å². The van der Waals surface area contributed by atoms with Crippen molar-refractivity contribution in [3.63, 3.8) is 0 Å². The Morgan fingerprint density at radius 2 is 1.46 bits per heavy atom. The van der Waals surface area contributed by atoms with Gasteiger partial charge in [0.15, 0.2) is 12.2 Å². The van der Waals surface area contributed by atoms with Gasteiger partial charge in [-0.1, -0.05) is 44.2 Å². The van der Waals surface area contributed by atoms with E-state index in [4.69, 9.17) is 14.2 Å². The number of esters is 1. The van der Waals surface area contributed by atoms with Gasteiger partial charge in [0.1, 0.15) is 31.3 Å². The van der Waals surface area contributed by atoms with Gasteiger partial charge in [-0.3, -0.25) is 39.0 Å². The number of carboxylic acid groups (broad SMARTS) is 3. The Balaban J connectivity index is 2.20. The predicted molar refractivity (Wildman–Crippen MR) is 164 cm³/mol. The van der Waals surface area contributed by atoms with Gasteiger partial charge in [-0.25, -0.2) is 14.6 Å². The lowest BCUT2D eigenvalue weighted by Crippen LogP contribution is -2.61. The third-order valence-corrected chi connectivity index (χ3v) is 6.78. The Labute approximate surface area is 284 Å². The summed E-state index contributed by atoms with van der Waals surface area (Å²) in [5.41, 5.74) is 2.63. The maximum Gasteiger partial charge on any atom is 0.408 e. The second-order valence-electron chi connectivity index (χ2n) is 11.1. The maximum atomic E-state index is 13.5. The zero-order valence-electron chi connectivity index (χ0n) is 27.3. The van der Waals surface area contributed by atoms with Crippen LogP contribution in [0.5, 0.6) is 0 Å². The molecule has 0 aromatic heterocycles. The van der Waals surface area contributed by atoms with Gasteiger partial charge in [-0.05, 0) is 24.8 Å². The van der Waals surface area contributed by atoms with Crippen molar-refractivity contribution in [2.24, 2.45) is 5.92 Å². The molecule has 0 radical (unpaired) electrons. The largest absolute Gasteiger partial charge is 0.481 e. The number of carboxylic acids is 3. The molecule has 0 spiro atoms. The normalized spacial score (nSPS) is 16.4. The zero-order valence-corrected chi connectivity index (χ0v) is 27.3. The minimum absolute atomic E-state index is 0.00163. The molecule has 20 nitrogen and oxygen atoms in total. The van der Waals surface area contributed by atoms with Crippen molar-refractivity contribution < 1.29 is 72.7 Å². The topological polar surface area (TPSA) is 297 Å². The van der Waals surface area contributed by atoms with Crippen LogP contribution in [0.15, 0.2) is 30.3 Å². The molecule has 1 saturated heterocycles. The summed E-state index contributed by atoms with van der Waals surface area (Å²) in [5, 5.41) is 34.9. The number of ether oxygens (including phenoxy) is 3. The summed E-state index contributed by atoms with van der Waals surface area (Å²) in [6.45, 7) is 3.10. The van der Waals surface area contributed by atoms with E-state index < -0.39 is 116 Å². The molecule has 0 saturated carbocycles. The lowest BCUT2D eigenvalue weighted by Gasteiger charge is -2.30. The highest BCUT2D eigenvalue weighted by molar-refractivity contribution is 5.97. The van der Waals surface area contributed by atoms with Gasteiger partial charge >= 0.3 is 30.0 Å². The van der Waals surface area contributed by atoms with Gasteiger partial charge < -0.3 is 45.5 Å². The van der Waals surface area contributed by atoms with E-state index in [-0.39, 0.29) is 13.2 Å². The van der Waals surface area contributed by atoms with Crippen molar-refractivity contribution in [1.82, 2.24) is 26.4 Å². The van der Waals surface area contributed by atoms with Gasteiger partial charge in [0.25, 0.3) is 11.8 Å². The molecule has 1 aromatic carbocycles. The highest BCUT2D eigenvalue weighted by Crippen LogP contribution is 2.24. The first-order valence-electron chi connectivity index (χ1n) is 15.2. The van der Waals surface area contributed by atoms with Crippen molar-refractivity contribution >= 4 is 53.6 Å². The van der Waals surface area contributed by atoms with Crippen LogP contribution < -0.4 is 21.4 Å². The van der Waals surface area contributed by atoms with Crippen LogP contribution >= 0.6 is 0 Å². The first-order chi connectivity index (χ1) is 23.5. The SMILES string of the molecule is CCOC(=O)[C@@H]1O[C@H]1C(=O)NN(CC(=O)O)C(=O)C(NC(=O)C(CCC(=O)O)NC(=O)C(CC(=O)O)NC(=O)OCc1ccccc1)C(C)C. The Morgan fingerprint density at radius 3 is 2.02 bits per heavy atom. The van der Waals surface area contributed by atoms with E-state index in [9.17, 15) is 58.5 Å². The van der Waals surface area contributed by atoms with Gasteiger partial charge in [0.2, 0.25) is 11.8 Å². The Bertz CT molecular complexity index is 1440. The second-order valence-corrected chi connectivity index (χ2v) is 11.1. The molecule has 274 valence electrons. The van der Waals surface area contributed by atoms with E-state index in [2.05, 4.69) is 16.0 Å². The number of epoxide rings is 1. The number of nitrogens with zero attached hydrogens (tertiary/aromatic N) is 1. The van der Waals surface area contributed by atoms with Crippen LogP contribution in [-0.2, 0) is 59.2 Å². The van der Waals surface area contributed by atoms with Crippen LogP contribution in [0.2, 0.25) is 0 Å². The number of hydrogen-bond acceptors (Lipinski definition) is 12. The molecule has 2 rings (SSSR count). The molecular formula is C30H39N5O15. The Hall–Kier alpha value is -5.79. The van der Waals surface area contributed by atoms with Crippen LogP contribution in [0.4, 0.5) is 4.79 Å². The zero-order chi connectivity index (χ0) is 37.5. The predicted octanol–water partition coefficient (Wildman–Crippen LogP) is -1.48. The molecule has 1 aliphatic rings. The van der Waals surface area contributed by atoms with Crippen molar-refractivity contribution in [1.29, 1.82) is 0 Å². The summed E-state index contributed by atoms with van der Waals surface area (Å²) in [6, 6.07) is 3.31. The summed E-state index contributed by atoms with van der Waals surface area (Å²) in [7, 11) is 0. The first kappa shape index (κ1) is 40.4. The number of aliphatic carboxylic acids is 3. The van der Waals surface area contributed by atoms with E-state index in [1.807, 2.05) is 5.43 Å². The Kier molecular flexibility index (Phi) is 15.6. The lowest BCUT2D eigenvalue weighted by atomic mass is 10.0. The van der Waals surface area contributed by atoms with E-state index >= 15 is 0 Å². The molecule has 3 unspecified atom stereocenters. The van der Waals surface area contributed by atoms with E-state index in [1.165, 1.54) is 20.8 Å². The van der Waals surface area contributed by atoms with E-state index in [0.29, 0.717) is 10.6 Å². The molecule has 1 aliphatic heterocycles. The van der Waals surface area contributed by atoms with Gasteiger partial charge in [-0.2, -0.15) is 0 Å². The van der Waals surface area contributed by atoms with E-state index in [1.54, 1.807) is 30.3 Å². The average molecular weight is 710 g/mol. The van der Waals surface area contributed by atoms with E-state index in [0.717, 1.165) is 0 Å². The van der Waals surface area contributed by atoms with Gasteiger partial charge in [-0.15, -0.1) is 0 Å². The summed E-state index contributed by atoms with van der Waals surface area (Å²) < 4.78 is 14.7. The van der Waals surface area contributed by atoms with Crippen LogP contribution in [-0.4, -0.2) is 117 Å². The number of carbonyl (C=O) groups excluding carboxylic acids is 6. The van der Waals surface area contributed by atoms with Crippen molar-refractivity contribution in [2.45, 2.75) is 77.0 Å². The molecule has 50 heavy (non-hydrogen) atoms. The number of amides is 5. The highest BCUT2D eigenvalue weighted by Gasteiger charge is 2.52. The highest BCUT2D eigenvalue weighted by atomic mass is 16.6. The fraction of sp³-hybridized carbons (Fsp3) is 0.500. The van der Waals surface area contributed by atoms with Crippen LogP contribution in [0.3, 0.4) is 0 Å². The molecule has 0 bridgehead atoms. The number of carbonyl (C=O) groups is 9. The fourth-order valence-electron chi connectivity index (χ4n) is 4.26. The van der Waals surface area contributed by atoms with Crippen LogP contribution in [0, 0.1) is 5.92 Å². The number of rotatable bonds is 19. The third kappa shape index (κ3) is 13.4. The molecule has 1 fully saturated rings. The monoisotopic (exact) mass is 709 g/mol. The molecule has 1 aromatic rings. The molecule has 0 aliphatic carbocycles. The number of hydrazine groups is 1. The van der Waals surface area contributed by atoms with Gasteiger partial charge in [0.05, 0.1) is 13.0 Å². The third-order valence-electron chi connectivity index (χ3n) is 6.78. The summed E-state index contributed by atoms with van der Waals surface area (Å²) in [4.78, 5) is 111. The molecule has 7 N–H and O–H groups in total. The number of nitrogens with one attached hydrogen (secondary N) is 4. The summed E-state index contributed by atoms with van der Waals surface area (Å²) in [6.07, 6.45) is -6.03. The van der Waals surface area contributed by atoms with Crippen LogP contribution in [0.1, 0.15) is 45.6 Å². The van der Waals surface area contributed by atoms with Crippen molar-refractivity contribution in [2.75, 3.05) is 13.2 Å². The molecule has 20 heteroatoms. The molecular weight excluding hydrogens is 670 g/mol. The summed E-state index contributed by atoms with van der Waals surface area (Å²) >= 11 is 0. The first-order valence-corrected chi connectivity index (χ1v) is 15.2. The maximum absolute atomic E-state index is 13.5. The quantitative estimate of drug-likeness (QED) is 0.0490. The van der Waals surface area contributed by atoms with Crippen LogP contribution in [0.25, 0.3) is 0 Å². The molecule has 1 heterocycles.